The van der Waals surface area contributed by atoms with Crippen molar-refractivity contribution in [2.45, 2.75) is 59.0 Å². The van der Waals surface area contributed by atoms with Crippen molar-refractivity contribution in [1.82, 2.24) is 9.80 Å². The molecule has 2 aliphatic heterocycles. The second kappa shape index (κ2) is 25.9. The summed E-state index contributed by atoms with van der Waals surface area (Å²) in [5.41, 5.74) is 6.88. The zero-order valence-electron chi connectivity index (χ0n) is 37.1. The number of anilines is 2. The van der Waals surface area contributed by atoms with Crippen LogP contribution in [0.5, 0.6) is 0 Å². The lowest BCUT2D eigenvalue weighted by molar-refractivity contribution is 0.0592. The number of rotatable bonds is 10. The number of benzene rings is 4. The van der Waals surface area contributed by atoms with E-state index in [1.807, 2.05) is 93.6 Å². The molecule has 2 N–H and O–H groups in total. The van der Waals surface area contributed by atoms with Crippen molar-refractivity contribution in [1.29, 1.82) is 0 Å². The summed E-state index contributed by atoms with van der Waals surface area (Å²) in [5.74, 6) is -0.740. The molecule has 352 valence electrons. The Morgan fingerprint density at radius 3 is 1.46 bits per heavy atom. The molecule has 0 aliphatic carbocycles. The zero-order chi connectivity index (χ0) is 46.8. The Kier molecular flexibility index (Phi) is 19.9. The van der Waals surface area contributed by atoms with E-state index in [0.29, 0.717) is 29.7 Å². The Morgan fingerprint density at radius 1 is 0.597 bits per heavy atom. The first-order valence-corrected chi connectivity index (χ1v) is 22.6. The number of hydrogen-bond donors (Lipinski definition) is 2. The van der Waals surface area contributed by atoms with Gasteiger partial charge < -0.3 is 38.2 Å². The van der Waals surface area contributed by atoms with E-state index >= 15 is 0 Å². The van der Waals surface area contributed by atoms with Crippen LogP contribution in [0.3, 0.4) is 0 Å². The number of halogens is 1. The molecule has 0 saturated carbocycles. The number of carbonyl (C=O) groups excluding carboxylic acids is 4. The molecule has 16 heteroatoms. The topological polar surface area (TPSA) is 166 Å². The molecule has 2 aromatic heterocycles. The summed E-state index contributed by atoms with van der Waals surface area (Å²) in [6.45, 7) is 3.99. The second-order valence-corrected chi connectivity index (χ2v) is 16.6. The van der Waals surface area contributed by atoms with Gasteiger partial charge in [0.2, 0.25) is 0 Å². The fourth-order valence-electron chi connectivity index (χ4n) is 7.49. The van der Waals surface area contributed by atoms with E-state index in [2.05, 4.69) is 20.3 Å². The van der Waals surface area contributed by atoms with Gasteiger partial charge in [0.05, 0.1) is 63.5 Å². The molecule has 2 aliphatic rings. The minimum atomic E-state index is -1.41. The standard InChI is InChI=1S/C25H26N2O4.C21H23BrN2O3.C4H5BO3.CH4/c1-30-24(28)20-10-8-19(9-11-20)17-27(25(29)26-13-3-2-4-14-26)23-7-5-6-21(16-23)22-12-15-31-18-22;1-27-20(25)17-10-8-16(9-11-17)15-24(19-7-5-6-18(22)14-19)21(26)23-12-3-2-4-13-23;6-5(7)4-1-2-8-3-4;/h5-12,15-16,18H,2-4,13-14,17H2,1H3;5-11,14H,2-4,12-13,15H2,1H3;1-3,6-7H;1H4. The Morgan fingerprint density at radius 2 is 1.06 bits per heavy atom. The van der Waals surface area contributed by atoms with Crippen LogP contribution < -0.4 is 15.3 Å². The smallest absolute Gasteiger partial charge is 0.473 e. The summed E-state index contributed by atoms with van der Waals surface area (Å²) < 4.78 is 20.2. The quantitative estimate of drug-likeness (QED) is 0.0997. The highest BCUT2D eigenvalue weighted by atomic mass is 79.9. The molecule has 4 aromatic carbocycles. The Labute approximate surface area is 401 Å². The van der Waals surface area contributed by atoms with Crippen LogP contribution in [0.2, 0.25) is 0 Å². The third kappa shape index (κ3) is 14.7. The number of hydrogen-bond acceptors (Lipinski definition) is 10. The molecular weight excluding hydrogens is 919 g/mol. The predicted octanol–water partition coefficient (Wildman–Crippen LogP) is 9.79. The average Bonchev–Trinajstić information content (AvgIpc) is 4.13. The molecule has 0 atom stereocenters. The molecule has 14 nitrogen and oxygen atoms in total. The van der Waals surface area contributed by atoms with Gasteiger partial charge in [-0.3, -0.25) is 9.80 Å². The highest BCUT2D eigenvalue weighted by Gasteiger charge is 2.26. The van der Waals surface area contributed by atoms with Crippen LogP contribution in [0.15, 0.2) is 148 Å². The molecule has 8 rings (SSSR count). The lowest BCUT2D eigenvalue weighted by Gasteiger charge is -2.33. The van der Waals surface area contributed by atoms with Gasteiger partial charge in [-0.25, -0.2) is 19.2 Å². The van der Waals surface area contributed by atoms with Crippen LogP contribution >= 0.6 is 15.9 Å². The maximum atomic E-state index is 13.5. The van der Waals surface area contributed by atoms with Gasteiger partial charge in [-0.05, 0) is 122 Å². The van der Waals surface area contributed by atoms with Crippen LogP contribution in [0, 0.1) is 0 Å². The minimum Gasteiger partial charge on any atom is -0.473 e. The fraction of sp³-hybridized carbons (Fsp3) is 0.294. The maximum Gasteiger partial charge on any atom is 0.491 e. The number of nitrogens with zero attached hydrogens (tertiary/aromatic N) is 4. The molecule has 4 heterocycles. The molecule has 4 amide bonds. The molecular formula is C51H58BBrN4O10. The molecule has 67 heavy (non-hydrogen) atoms. The molecule has 0 spiro atoms. The van der Waals surface area contributed by atoms with Gasteiger partial charge in [0.15, 0.2) is 0 Å². The van der Waals surface area contributed by atoms with Crippen molar-refractivity contribution in [3.05, 3.63) is 161 Å². The van der Waals surface area contributed by atoms with Gasteiger partial charge in [-0.2, -0.15) is 0 Å². The number of esters is 2. The van der Waals surface area contributed by atoms with Gasteiger partial charge >= 0.3 is 31.1 Å². The largest absolute Gasteiger partial charge is 0.491 e. The highest BCUT2D eigenvalue weighted by molar-refractivity contribution is 9.10. The van der Waals surface area contributed by atoms with Crippen LogP contribution in [0.4, 0.5) is 21.0 Å². The number of amides is 4. The van der Waals surface area contributed by atoms with Crippen molar-refractivity contribution in [2.75, 3.05) is 50.2 Å². The van der Waals surface area contributed by atoms with Gasteiger partial charge in [0.25, 0.3) is 0 Å². The third-order valence-electron chi connectivity index (χ3n) is 11.1. The summed E-state index contributed by atoms with van der Waals surface area (Å²) in [7, 11) is 1.32. The minimum absolute atomic E-state index is 0. The van der Waals surface area contributed by atoms with E-state index in [4.69, 9.17) is 23.9 Å². The van der Waals surface area contributed by atoms with Crippen LogP contribution in [-0.2, 0) is 22.6 Å². The number of carbonyl (C=O) groups is 4. The molecule has 0 bridgehead atoms. The first-order valence-electron chi connectivity index (χ1n) is 21.8. The number of methoxy groups -OCH3 is 2. The summed E-state index contributed by atoms with van der Waals surface area (Å²) in [4.78, 5) is 57.5. The number of piperidine rings is 2. The van der Waals surface area contributed by atoms with Crippen LogP contribution in [-0.4, -0.2) is 91.4 Å². The number of urea groups is 2. The fourth-order valence-corrected chi connectivity index (χ4v) is 7.88. The molecule has 2 saturated heterocycles. The number of ether oxygens (including phenoxy) is 2. The predicted molar refractivity (Wildman–Crippen MR) is 263 cm³/mol. The summed E-state index contributed by atoms with van der Waals surface area (Å²) in [6.07, 6.45) is 12.5. The van der Waals surface area contributed by atoms with Gasteiger partial charge in [0.1, 0.15) is 0 Å². The van der Waals surface area contributed by atoms with Gasteiger partial charge in [0, 0.05) is 53.1 Å². The van der Waals surface area contributed by atoms with E-state index in [-0.39, 0.29) is 31.4 Å². The van der Waals surface area contributed by atoms with Crippen molar-refractivity contribution in [3.8, 4) is 11.1 Å². The van der Waals surface area contributed by atoms with Crippen LogP contribution in [0.25, 0.3) is 11.1 Å². The Balaban J connectivity index is 0.000000214. The van der Waals surface area contributed by atoms with E-state index in [9.17, 15) is 19.2 Å². The average molecular weight is 978 g/mol. The van der Waals surface area contributed by atoms with Gasteiger partial charge in [-0.1, -0.05) is 65.8 Å². The van der Waals surface area contributed by atoms with Crippen LogP contribution in [0.1, 0.15) is 77.8 Å². The molecule has 2 fully saturated rings. The van der Waals surface area contributed by atoms with Crippen molar-refractivity contribution in [3.63, 3.8) is 0 Å². The Bertz CT molecular complexity index is 2450. The third-order valence-corrected chi connectivity index (χ3v) is 11.6. The maximum absolute atomic E-state index is 13.5. The van der Waals surface area contributed by atoms with E-state index < -0.39 is 7.12 Å². The van der Waals surface area contributed by atoms with Crippen molar-refractivity contribution < 1.29 is 47.5 Å². The molecule has 0 unspecified atom stereocenters. The summed E-state index contributed by atoms with van der Waals surface area (Å²) in [6, 6.07) is 33.5. The SMILES string of the molecule is C.COC(=O)c1ccc(CN(C(=O)N2CCCCC2)c2cccc(-c3ccoc3)c2)cc1.COC(=O)c1ccc(CN(C(=O)N2CCCCC2)c2cccc(Br)c2)cc1.OB(O)c1ccoc1. The molecule has 0 radical (unpaired) electrons. The monoisotopic (exact) mass is 976 g/mol. The summed E-state index contributed by atoms with van der Waals surface area (Å²) in [5, 5.41) is 16.8. The number of furan rings is 2. The van der Waals surface area contributed by atoms with E-state index in [0.717, 1.165) is 96.4 Å². The Hall–Kier alpha value is -6.62. The van der Waals surface area contributed by atoms with E-state index in [1.165, 1.54) is 39.2 Å². The first kappa shape index (κ1) is 51.4. The number of likely N-dealkylation sites (tertiary alicyclic amines) is 2. The second-order valence-electron chi connectivity index (χ2n) is 15.7. The molecule has 6 aromatic rings. The van der Waals surface area contributed by atoms with E-state index in [1.54, 1.807) is 41.7 Å². The lowest BCUT2D eigenvalue weighted by atomic mass is 9.83. The van der Waals surface area contributed by atoms with Crippen molar-refractivity contribution in [2.24, 2.45) is 0 Å². The lowest BCUT2D eigenvalue weighted by Crippen LogP contribution is -2.45. The normalized spacial score (nSPS) is 13.0. The van der Waals surface area contributed by atoms with Gasteiger partial charge in [-0.15, -0.1) is 0 Å². The zero-order valence-corrected chi connectivity index (χ0v) is 38.7. The summed E-state index contributed by atoms with van der Waals surface area (Å²) >= 11 is 3.49. The first-order chi connectivity index (χ1) is 32.0. The highest BCUT2D eigenvalue weighted by Crippen LogP contribution is 2.29. The van der Waals surface area contributed by atoms with Crippen molar-refractivity contribution >= 4 is 63.9 Å².